The van der Waals surface area contributed by atoms with Crippen LogP contribution in [0.5, 0.6) is 0 Å². The van der Waals surface area contributed by atoms with Crippen molar-refractivity contribution in [2.45, 2.75) is 39.5 Å². The van der Waals surface area contributed by atoms with Gasteiger partial charge >= 0.3 is 0 Å². The Labute approximate surface area is 98.0 Å². The number of rotatable bonds is 5. The first kappa shape index (κ1) is 13.9. The van der Waals surface area contributed by atoms with Crippen molar-refractivity contribution >= 4 is 0 Å². The summed E-state index contributed by atoms with van der Waals surface area (Å²) in [7, 11) is 0. The molecule has 0 saturated carbocycles. The molecule has 0 spiro atoms. The molecular weight excluding hydrogens is 252 g/mol. The molecule has 0 aliphatic heterocycles. The molecule has 0 saturated heterocycles. The quantitative estimate of drug-likeness (QED) is 0.812. The van der Waals surface area contributed by atoms with Gasteiger partial charge in [-0.25, -0.2) is 0 Å². The molecular formula is C8H18CeO. The van der Waals surface area contributed by atoms with Gasteiger partial charge in [0.15, 0.2) is 0 Å². The van der Waals surface area contributed by atoms with E-state index in [2.05, 4.69) is 13.8 Å². The average Bonchev–Trinajstić information content (AvgIpc) is 1.91. The van der Waals surface area contributed by atoms with Crippen molar-refractivity contribution in [2.75, 3.05) is 6.61 Å². The smallest absolute Gasteiger partial charge is 0.0459 e. The van der Waals surface area contributed by atoms with E-state index in [9.17, 15) is 0 Å². The van der Waals surface area contributed by atoms with E-state index in [1.807, 2.05) is 0 Å². The minimum atomic E-state index is 0. The molecule has 0 amide bonds. The third-order valence-corrected chi connectivity index (χ3v) is 1.80. The molecule has 0 aromatic heterocycles. The monoisotopic (exact) mass is 270 g/mol. The SMILES string of the molecule is CCCCC(CC)CO.[Ce]. The molecule has 60 valence electrons. The van der Waals surface area contributed by atoms with Gasteiger partial charge in [0.05, 0.1) is 0 Å². The van der Waals surface area contributed by atoms with Gasteiger partial charge in [-0.3, -0.25) is 0 Å². The summed E-state index contributed by atoms with van der Waals surface area (Å²) in [5.41, 5.74) is 0. The van der Waals surface area contributed by atoms with E-state index in [1.54, 1.807) is 0 Å². The van der Waals surface area contributed by atoms with E-state index in [0.717, 1.165) is 6.42 Å². The standard InChI is InChI=1S/C8H18O.Ce/c1-3-5-6-8(4-2)7-9;/h8-9H,3-7H2,1-2H3;. The van der Waals surface area contributed by atoms with Crippen molar-refractivity contribution in [1.82, 2.24) is 0 Å². The van der Waals surface area contributed by atoms with Gasteiger partial charge in [-0.05, 0) is 12.3 Å². The van der Waals surface area contributed by atoms with Crippen LogP contribution < -0.4 is 0 Å². The molecule has 0 heterocycles. The van der Waals surface area contributed by atoms with E-state index in [-0.39, 0.29) is 41.7 Å². The van der Waals surface area contributed by atoms with Gasteiger partial charge in [0.25, 0.3) is 0 Å². The Morgan fingerprint density at radius 2 is 1.90 bits per heavy atom. The number of hydrogen-bond acceptors (Lipinski definition) is 1. The van der Waals surface area contributed by atoms with Crippen LogP contribution in [0.4, 0.5) is 0 Å². The molecule has 10 heavy (non-hydrogen) atoms. The molecule has 1 atom stereocenters. The van der Waals surface area contributed by atoms with E-state index < -0.39 is 0 Å². The first-order valence-corrected chi connectivity index (χ1v) is 3.96. The van der Waals surface area contributed by atoms with E-state index >= 15 is 0 Å². The third-order valence-electron chi connectivity index (χ3n) is 1.80. The van der Waals surface area contributed by atoms with Gasteiger partial charge in [-0.2, -0.15) is 0 Å². The summed E-state index contributed by atoms with van der Waals surface area (Å²) >= 11 is 0. The minimum Gasteiger partial charge on any atom is -0.396 e. The molecule has 1 N–H and O–H groups in total. The van der Waals surface area contributed by atoms with Gasteiger partial charge in [-0.1, -0.05) is 33.1 Å². The molecule has 0 bridgehead atoms. The van der Waals surface area contributed by atoms with Crippen LogP contribution >= 0.6 is 0 Å². The predicted molar refractivity (Wildman–Crippen MR) is 40.4 cm³/mol. The van der Waals surface area contributed by atoms with Crippen LogP contribution in [-0.2, 0) is 0 Å². The summed E-state index contributed by atoms with van der Waals surface area (Å²) in [5.74, 6) is 0.560. The van der Waals surface area contributed by atoms with Crippen LogP contribution in [-0.4, -0.2) is 11.7 Å². The Bertz CT molecular complexity index is 53.2. The molecule has 2 heteroatoms. The molecule has 0 rings (SSSR count). The van der Waals surface area contributed by atoms with Crippen LogP contribution in [0.2, 0.25) is 0 Å². The molecule has 0 aliphatic carbocycles. The summed E-state index contributed by atoms with van der Waals surface area (Å²) < 4.78 is 0. The van der Waals surface area contributed by atoms with Gasteiger partial charge in [0.2, 0.25) is 0 Å². The van der Waals surface area contributed by atoms with Crippen molar-refractivity contribution in [3.05, 3.63) is 0 Å². The summed E-state index contributed by atoms with van der Waals surface area (Å²) in [5, 5.41) is 8.75. The molecule has 0 aliphatic rings. The minimum absolute atomic E-state index is 0. The molecule has 0 aromatic carbocycles. The van der Waals surface area contributed by atoms with Crippen LogP contribution in [0.1, 0.15) is 39.5 Å². The van der Waals surface area contributed by atoms with Gasteiger partial charge in [0.1, 0.15) is 0 Å². The average molecular weight is 270 g/mol. The number of unbranched alkanes of at least 4 members (excludes halogenated alkanes) is 1. The van der Waals surface area contributed by atoms with E-state index in [0.29, 0.717) is 12.5 Å². The Morgan fingerprint density at radius 3 is 2.20 bits per heavy atom. The van der Waals surface area contributed by atoms with Crippen molar-refractivity contribution in [3.8, 4) is 0 Å². The van der Waals surface area contributed by atoms with Crippen LogP contribution in [0.25, 0.3) is 0 Å². The van der Waals surface area contributed by atoms with Crippen LogP contribution in [0, 0.1) is 47.7 Å². The van der Waals surface area contributed by atoms with E-state index in [4.69, 9.17) is 5.11 Å². The van der Waals surface area contributed by atoms with Gasteiger partial charge in [-0.15, -0.1) is 0 Å². The Hall–Kier alpha value is 1.34. The molecule has 0 aromatic rings. The predicted octanol–water partition coefficient (Wildman–Crippen LogP) is 2.20. The Kier molecular flexibility index (Phi) is 14.4. The summed E-state index contributed by atoms with van der Waals surface area (Å²) in [6.45, 7) is 4.69. The summed E-state index contributed by atoms with van der Waals surface area (Å²) in [6, 6.07) is 0. The third kappa shape index (κ3) is 7.44. The molecule has 1 unspecified atom stereocenters. The summed E-state index contributed by atoms with van der Waals surface area (Å²) in [4.78, 5) is 0. The fraction of sp³-hybridized carbons (Fsp3) is 1.00. The Morgan fingerprint density at radius 1 is 1.30 bits per heavy atom. The number of aliphatic hydroxyl groups excluding tert-OH is 1. The molecule has 0 radical (unpaired) electrons. The second-order valence-corrected chi connectivity index (χ2v) is 2.60. The zero-order valence-electron chi connectivity index (χ0n) is 7.06. The van der Waals surface area contributed by atoms with Crippen molar-refractivity contribution in [2.24, 2.45) is 5.92 Å². The molecule has 0 fully saturated rings. The normalized spacial score (nSPS) is 12.3. The largest absolute Gasteiger partial charge is 0.396 e. The summed E-state index contributed by atoms with van der Waals surface area (Å²) in [6.07, 6.45) is 4.83. The topological polar surface area (TPSA) is 20.2 Å². The first-order chi connectivity index (χ1) is 4.35. The number of hydrogen-bond donors (Lipinski definition) is 1. The van der Waals surface area contributed by atoms with Crippen molar-refractivity contribution in [1.29, 1.82) is 0 Å². The second kappa shape index (κ2) is 10.3. The Balaban J connectivity index is 0. The maximum Gasteiger partial charge on any atom is 0.0459 e. The first-order valence-electron chi connectivity index (χ1n) is 3.96. The van der Waals surface area contributed by atoms with Crippen LogP contribution in [0.3, 0.4) is 0 Å². The zero-order chi connectivity index (χ0) is 7.11. The zero-order valence-corrected chi connectivity index (χ0v) is 10.2. The van der Waals surface area contributed by atoms with E-state index in [1.165, 1.54) is 19.3 Å². The van der Waals surface area contributed by atoms with Gasteiger partial charge < -0.3 is 5.11 Å². The van der Waals surface area contributed by atoms with Gasteiger partial charge in [0, 0.05) is 48.4 Å². The molecule has 1 nitrogen and oxygen atoms in total. The van der Waals surface area contributed by atoms with Crippen molar-refractivity contribution < 1.29 is 46.9 Å². The fourth-order valence-electron chi connectivity index (χ4n) is 0.917. The maximum absolute atomic E-state index is 8.75. The van der Waals surface area contributed by atoms with Crippen molar-refractivity contribution in [3.63, 3.8) is 0 Å². The van der Waals surface area contributed by atoms with Crippen LogP contribution in [0.15, 0.2) is 0 Å². The second-order valence-electron chi connectivity index (χ2n) is 2.60. The number of aliphatic hydroxyl groups is 1. The fourth-order valence-corrected chi connectivity index (χ4v) is 0.917. The maximum atomic E-state index is 8.75.